The molecule has 1 aromatic carbocycles. The molecule has 0 aliphatic heterocycles. The van der Waals surface area contributed by atoms with Crippen LogP contribution >= 0.6 is 0 Å². The Hall–Kier alpha value is -0.900. The first kappa shape index (κ1) is 13.2. The van der Waals surface area contributed by atoms with Crippen LogP contribution in [0.15, 0.2) is 24.3 Å². The number of hydrogen-bond acceptors (Lipinski definition) is 3. The van der Waals surface area contributed by atoms with E-state index in [9.17, 15) is 0 Å². The minimum atomic E-state index is 0.351. The van der Waals surface area contributed by atoms with Gasteiger partial charge < -0.3 is 4.90 Å². The minimum Gasteiger partial charge on any atom is -0.309 e. The third kappa shape index (κ3) is 4.75. The van der Waals surface area contributed by atoms with Gasteiger partial charge in [-0.1, -0.05) is 29.8 Å². The van der Waals surface area contributed by atoms with Crippen molar-refractivity contribution in [1.82, 2.24) is 10.3 Å². The van der Waals surface area contributed by atoms with Gasteiger partial charge in [-0.25, -0.2) is 0 Å². The maximum atomic E-state index is 5.58. The van der Waals surface area contributed by atoms with Crippen LogP contribution in [0.4, 0.5) is 0 Å². The van der Waals surface area contributed by atoms with Crippen molar-refractivity contribution in [3.05, 3.63) is 35.4 Å². The molecule has 0 fully saturated rings. The van der Waals surface area contributed by atoms with E-state index in [-0.39, 0.29) is 0 Å². The molecule has 3 heteroatoms. The van der Waals surface area contributed by atoms with Gasteiger partial charge in [0.1, 0.15) is 0 Å². The SMILES string of the molecule is Cc1cccc(CC(CCN(C)C)NN)c1. The minimum absolute atomic E-state index is 0.351. The van der Waals surface area contributed by atoms with E-state index in [2.05, 4.69) is 55.6 Å². The monoisotopic (exact) mass is 221 g/mol. The van der Waals surface area contributed by atoms with Crippen LogP contribution in [0.5, 0.6) is 0 Å². The molecule has 1 aromatic rings. The lowest BCUT2D eigenvalue weighted by Crippen LogP contribution is -2.38. The van der Waals surface area contributed by atoms with E-state index in [1.165, 1.54) is 11.1 Å². The highest BCUT2D eigenvalue weighted by atomic mass is 15.2. The molecule has 0 aliphatic carbocycles. The Morgan fingerprint density at radius 1 is 1.38 bits per heavy atom. The molecule has 1 unspecified atom stereocenters. The average Bonchev–Trinajstić information content (AvgIpc) is 2.24. The molecule has 0 amide bonds. The van der Waals surface area contributed by atoms with Crippen molar-refractivity contribution in [2.45, 2.75) is 25.8 Å². The van der Waals surface area contributed by atoms with Crippen LogP contribution in [0.2, 0.25) is 0 Å². The van der Waals surface area contributed by atoms with Gasteiger partial charge in [-0.15, -0.1) is 0 Å². The molecule has 90 valence electrons. The maximum Gasteiger partial charge on any atom is 0.0263 e. The fraction of sp³-hybridized carbons (Fsp3) is 0.538. The topological polar surface area (TPSA) is 41.3 Å². The van der Waals surface area contributed by atoms with Gasteiger partial charge >= 0.3 is 0 Å². The van der Waals surface area contributed by atoms with E-state index in [1.807, 2.05) is 0 Å². The predicted molar refractivity (Wildman–Crippen MR) is 69.2 cm³/mol. The number of benzene rings is 1. The summed E-state index contributed by atoms with van der Waals surface area (Å²) in [4.78, 5) is 2.18. The molecule has 0 spiro atoms. The molecule has 0 aliphatic rings. The number of nitrogens with one attached hydrogen (secondary N) is 1. The quantitative estimate of drug-likeness (QED) is 0.562. The van der Waals surface area contributed by atoms with Crippen molar-refractivity contribution in [2.24, 2.45) is 5.84 Å². The van der Waals surface area contributed by atoms with Crippen LogP contribution in [0.3, 0.4) is 0 Å². The Balaban J connectivity index is 2.49. The van der Waals surface area contributed by atoms with Gasteiger partial charge in [-0.3, -0.25) is 11.3 Å². The number of hydrogen-bond donors (Lipinski definition) is 2. The third-order valence-corrected chi connectivity index (χ3v) is 2.73. The first-order chi connectivity index (χ1) is 7.61. The highest BCUT2D eigenvalue weighted by Gasteiger charge is 2.08. The molecule has 0 saturated carbocycles. The predicted octanol–water partition coefficient (Wildman–Crippen LogP) is 1.32. The third-order valence-electron chi connectivity index (χ3n) is 2.73. The lowest BCUT2D eigenvalue weighted by molar-refractivity contribution is 0.358. The lowest BCUT2D eigenvalue weighted by atomic mass is 10.0. The summed E-state index contributed by atoms with van der Waals surface area (Å²) >= 11 is 0. The molecule has 16 heavy (non-hydrogen) atoms. The lowest BCUT2D eigenvalue weighted by Gasteiger charge is -2.18. The Morgan fingerprint density at radius 2 is 2.12 bits per heavy atom. The van der Waals surface area contributed by atoms with Crippen molar-refractivity contribution in [3.8, 4) is 0 Å². The molecule has 3 nitrogen and oxygen atoms in total. The summed E-state index contributed by atoms with van der Waals surface area (Å²) in [7, 11) is 4.17. The molecular weight excluding hydrogens is 198 g/mol. The standard InChI is InChI=1S/C13H23N3/c1-11-5-4-6-12(9-11)10-13(15-14)7-8-16(2)3/h4-6,9,13,15H,7-8,10,14H2,1-3H3. The molecule has 1 rings (SSSR count). The summed E-state index contributed by atoms with van der Waals surface area (Å²) in [5.41, 5.74) is 5.55. The fourth-order valence-corrected chi connectivity index (χ4v) is 1.78. The second-order valence-electron chi connectivity index (χ2n) is 4.65. The Morgan fingerprint density at radius 3 is 2.69 bits per heavy atom. The van der Waals surface area contributed by atoms with Gasteiger partial charge in [0.15, 0.2) is 0 Å². The normalized spacial score (nSPS) is 13.1. The average molecular weight is 221 g/mol. The van der Waals surface area contributed by atoms with Crippen molar-refractivity contribution >= 4 is 0 Å². The van der Waals surface area contributed by atoms with Crippen LogP contribution in [0.25, 0.3) is 0 Å². The second-order valence-corrected chi connectivity index (χ2v) is 4.65. The Kier molecular flexibility index (Phi) is 5.46. The van der Waals surface area contributed by atoms with E-state index in [1.54, 1.807) is 0 Å². The molecule has 0 heterocycles. The molecule has 0 saturated heterocycles. The van der Waals surface area contributed by atoms with Crippen LogP contribution in [-0.4, -0.2) is 31.6 Å². The number of nitrogens with two attached hydrogens (primary N) is 1. The van der Waals surface area contributed by atoms with E-state index in [4.69, 9.17) is 5.84 Å². The van der Waals surface area contributed by atoms with E-state index < -0.39 is 0 Å². The van der Waals surface area contributed by atoms with Crippen molar-refractivity contribution in [3.63, 3.8) is 0 Å². The van der Waals surface area contributed by atoms with Crippen molar-refractivity contribution < 1.29 is 0 Å². The summed E-state index contributed by atoms with van der Waals surface area (Å²) in [5.74, 6) is 5.58. The van der Waals surface area contributed by atoms with E-state index in [0.717, 1.165) is 19.4 Å². The molecule has 0 aromatic heterocycles. The largest absolute Gasteiger partial charge is 0.309 e. The number of hydrazine groups is 1. The number of nitrogens with zero attached hydrogens (tertiary/aromatic N) is 1. The summed E-state index contributed by atoms with van der Waals surface area (Å²) in [6.45, 7) is 3.18. The Labute approximate surface area is 98.6 Å². The zero-order valence-corrected chi connectivity index (χ0v) is 10.5. The van der Waals surface area contributed by atoms with Crippen molar-refractivity contribution in [2.75, 3.05) is 20.6 Å². The van der Waals surface area contributed by atoms with Crippen LogP contribution < -0.4 is 11.3 Å². The van der Waals surface area contributed by atoms with Crippen LogP contribution in [0.1, 0.15) is 17.5 Å². The molecular formula is C13H23N3. The summed E-state index contributed by atoms with van der Waals surface area (Å²) < 4.78 is 0. The Bertz CT molecular complexity index is 310. The molecule has 1 atom stereocenters. The summed E-state index contributed by atoms with van der Waals surface area (Å²) in [5, 5.41) is 0. The van der Waals surface area contributed by atoms with Gasteiger partial charge in [0.05, 0.1) is 0 Å². The van der Waals surface area contributed by atoms with Gasteiger partial charge in [0.25, 0.3) is 0 Å². The highest BCUT2D eigenvalue weighted by Crippen LogP contribution is 2.08. The van der Waals surface area contributed by atoms with E-state index >= 15 is 0 Å². The zero-order chi connectivity index (χ0) is 12.0. The van der Waals surface area contributed by atoms with E-state index in [0.29, 0.717) is 6.04 Å². The smallest absolute Gasteiger partial charge is 0.0263 e. The van der Waals surface area contributed by atoms with Crippen molar-refractivity contribution in [1.29, 1.82) is 0 Å². The van der Waals surface area contributed by atoms with Gasteiger partial charge in [-0.05, 0) is 46.0 Å². The number of aryl methyl sites for hydroxylation is 1. The summed E-state index contributed by atoms with van der Waals surface area (Å²) in [6, 6.07) is 8.95. The molecule has 0 radical (unpaired) electrons. The van der Waals surface area contributed by atoms with Gasteiger partial charge in [0, 0.05) is 6.04 Å². The van der Waals surface area contributed by atoms with Crippen LogP contribution in [0, 0.1) is 6.92 Å². The number of rotatable bonds is 6. The molecule has 3 N–H and O–H groups in total. The van der Waals surface area contributed by atoms with Gasteiger partial charge in [0.2, 0.25) is 0 Å². The first-order valence-electron chi connectivity index (χ1n) is 5.78. The first-order valence-corrected chi connectivity index (χ1v) is 5.78. The molecule has 0 bridgehead atoms. The fourth-order valence-electron chi connectivity index (χ4n) is 1.78. The van der Waals surface area contributed by atoms with Crippen LogP contribution in [-0.2, 0) is 6.42 Å². The zero-order valence-electron chi connectivity index (χ0n) is 10.5. The second kappa shape index (κ2) is 6.63. The van der Waals surface area contributed by atoms with Gasteiger partial charge in [-0.2, -0.15) is 0 Å². The maximum absolute atomic E-state index is 5.58. The summed E-state index contributed by atoms with van der Waals surface area (Å²) in [6.07, 6.45) is 2.06. The highest BCUT2D eigenvalue weighted by molar-refractivity contribution is 5.22.